The summed E-state index contributed by atoms with van der Waals surface area (Å²) in [6.45, 7) is 4.79. The Labute approximate surface area is 122 Å². The lowest BCUT2D eigenvalue weighted by Crippen LogP contribution is -2.49. The largest absolute Gasteiger partial charge is 0.381 e. The number of nitrogens with zero attached hydrogens (tertiary/aromatic N) is 1. The fourth-order valence-electron chi connectivity index (χ4n) is 3.34. The van der Waals surface area contributed by atoms with Crippen molar-refractivity contribution in [3.8, 4) is 0 Å². The molecule has 1 N–H and O–H groups in total. The monoisotopic (exact) mass is 302 g/mol. The van der Waals surface area contributed by atoms with E-state index >= 15 is 0 Å². The molecule has 6 heteroatoms. The van der Waals surface area contributed by atoms with E-state index in [1.165, 1.54) is 6.42 Å². The number of hydrogen-bond acceptors (Lipinski definition) is 4. The molecule has 0 aromatic rings. The van der Waals surface area contributed by atoms with Crippen LogP contribution in [0.3, 0.4) is 0 Å². The summed E-state index contributed by atoms with van der Waals surface area (Å²) in [5, 5.41) is -0.107. The van der Waals surface area contributed by atoms with Crippen molar-refractivity contribution in [2.24, 2.45) is 5.92 Å². The molecule has 2 atom stereocenters. The van der Waals surface area contributed by atoms with Crippen molar-refractivity contribution in [2.45, 2.75) is 49.8 Å². The fourth-order valence-corrected chi connectivity index (χ4v) is 4.95. The first-order chi connectivity index (χ1) is 9.63. The van der Waals surface area contributed by atoms with E-state index in [2.05, 4.69) is 9.62 Å². The third-order valence-corrected chi connectivity index (χ3v) is 6.58. The molecule has 0 amide bonds. The Balaban J connectivity index is 1.48. The van der Waals surface area contributed by atoms with Crippen LogP contribution in [0.15, 0.2) is 0 Å². The minimum atomic E-state index is -3.04. The minimum absolute atomic E-state index is 0.107. The van der Waals surface area contributed by atoms with Crippen molar-refractivity contribution < 1.29 is 13.2 Å². The average molecular weight is 302 g/mol. The van der Waals surface area contributed by atoms with Crippen LogP contribution >= 0.6 is 0 Å². The Hall–Kier alpha value is -0.170. The zero-order chi connectivity index (χ0) is 14.0. The lowest BCUT2D eigenvalue weighted by atomic mass is 9.99. The Morgan fingerprint density at radius 2 is 2.00 bits per heavy atom. The molecule has 1 aliphatic carbocycles. The molecule has 5 nitrogen and oxygen atoms in total. The summed E-state index contributed by atoms with van der Waals surface area (Å²) in [5.74, 6) is 0.627. The summed E-state index contributed by atoms with van der Waals surface area (Å²) in [5.41, 5.74) is 0. The molecule has 1 saturated carbocycles. The second-order valence-corrected chi connectivity index (χ2v) is 8.54. The van der Waals surface area contributed by atoms with Crippen LogP contribution in [-0.2, 0) is 14.8 Å². The van der Waals surface area contributed by atoms with E-state index in [0.717, 1.165) is 65.0 Å². The van der Waals surface area contributed by atoms with Crippen molar-refractivity contribution >= 4 is 10.0 Å². The highest BCUT2D eigenvalue weighted by atomic mass is 32.2. The standard InChI is InChI=1S/C14H26N2O3S/c17-20(18,14-5-6-14)15-13-4-1-7-16(10-13)9-12-3-2-8-19-11-12/h12-15H,1-11H2. The molecule has 2 saturated heterocycles. The van der Waals surface area contributed by atoms with Gasteiger partial charge in [-0.15, -0.1) is 0 Å². The van der Waals surface area contributed by atoms with Gasteiger partial charge in [-0.25, -0.2) is 13.1 Å². The third kappa shape index (κ3) is 3.93. The normalized spacial score (nSPS) is 33.2. The Bertz CT molecular complexity index is 416. The summed E-state index contributed by atoms with van der Waals surface area (Å²) in [6, 6.07) is 0.110. The van der Waals surface area contributed by atoms with Crippen molar-refractivity contribution in [1.82, 2.24) is 9.62 Å². The van der Waals surface area contributed by atoms with Gasteiger partial charge in [0.05, 0.1) is 11.9 Å². The van der Waals surface area contributed by atoms with Gasteiger partial charge in [-0.3, -0.25) is 0 Å². The SMILES string of the molecule is O=S(=O)(NC1CCCN(CC2CCCOC2)C1)C1CC1. The number of ether oxygens (including phenoxy) is 1. The Morgan fingerprint density at radius 3 is 2.70 bits per heavy atom. The molecule has 2 unspecified atom stereocenters. The van der Waals surface area contributed by atoms with Gasteiger partial charge in [-0.05, 0) is 51.0 Å². The molecule has 3 aliphatic rings. The molecular weight excluding hydrogens is 276 g/mol. The quantitative estimate of drug-likeness (QED) is 0.822. The van der Waals surface area contributed by atoms with Gasteiger partial charge in [0.15, 0.2) is 0 Å². The van der Waals surface area contributed by atoms with E-state index in [1.807, 2.05) is 0 Å². The van der Waals surface area contributed by atoms with Crippen molar-refractivity contribution in [2.75, 3.05) is 32.8 Å². The van der Waals surface area contributed by atoms with Crippen LogP contribution in [0.4, 0.5) is 0 Å². The molecule has 20 heavy (non-hydrogen) atoms. The molecule has 0 bridgehead atoms. The molecule has 3 rings (SSSR count). The highest BCUT2D eigenvalue weighted by Gasteiger charge is 2.37. The molecule has 0 spiro atoms. The zero-order valence-corrected chi connectivity index (χ0v) is 12.9. The van der Waals surface area contributed by atoms with Crippen molar-refractivity contribution in [3.05, 3.63) is 0 Å². The lowest BCUT2D eigenvalue weighted by Gasteiger charge is -2.36. The summed E-state index contributed by atoms with van der Waals surface area (Å²) in [6.07, 6.45) is 6.15. The molecule has 2 aliphatic heterocycles. The molecule has 0 aromatic carbocycles. The third-order valence-electron chi connectivity index (χ3n) is 4.57. The van der Waals surface area contributed by atoms with E-state index in [4.69, 9.17) is 4.74 Å². The van der Waals surface area contributed by atoms with Crippen molar-refractivity contribution in [3.63, 3.8) is 0 Å². The van der Waals surface area contributed by atoms with Gasteiger partial charge < -0.3 is 9.64 Å². The molecule has 2 heterocycles. The van der Waals surface area contributed by atoms with E-state index in [-0.39, 0.29) is 11.3 Å². The van der Waals surface area contributed by atoms with Gasteiger partial charge in [0.2, 0.25) is 10.0 Å². The van der Waals surface area contributed by atoms with Gasteiger partial charge in [0, 0.05) is 25.7 Å². The van der Waals surface area contributed by atoms with E-state index in [1.54, 1.807) is 0 Å². The van der Waals surface area contributed by atoms with Gasteiger partial charge >= 0.3 is 0 Å². The van der Waals surface area contributed by atoms with Crippen molar-refractivity contribution in [1.29, 1.82) is 0 Å². The van der Waals surface area contributed by atoms with Crippen LogP contribution in [0, 0.1) is 5.92 Å². The fraction of sp³-hybridized carbons (Fsp3) is 1.00. The number of likely N-dealkylation sites (tertiary alicyclic amines) is 1. The van der Waals surface area contributed by atoms with Gasteiger partial charge in [0.1, 0.15) is 0 Å². The first-order valence-corrected chi connectivity index (χ1v) is 9.49. The number of hydrogen-bond donors (Lipinski definition) is 1. The summed E-state index contributed by atoms with van der Waals surface area (Å²) in [7, 11) is -3.04. The van der Waals surface area contributed by atoms with Crippen LogP contribution in [0.5, 0.6) is 0 Å². The molecule has 116 valence electrons. The molecular formula is C14H26N2O3S. The first kappa shape index (κ1) is 14.8. The Morgan fingerprint density at radius 1 is 1.15 bits per heavy atom. The summed E-state index contributed by atoms with van der Waals surface area (Å²) in [4.78, 5) is 2.42. The van der Waals surface area contributed by atoms with Crippen LogP contribution in [0.25, 0.3) is 0 Å². The number of rotatable bonds is 5. The highest BCUT2D eigenvalue weighted by molar-refractivity contribution is 7.90. The second-order valence-electron chi connectivity index (χ2n) is 6.54. The van der Waals surface area contributed by atoms with E-state index in [9.17, 15) is 8.42 Å². The van der Waals surface area contributed by atoms with Crippen LogP contribution < -0.4 is 4.72 Å². The summed E-state index contributed by atoms with van der Waals surface area (Å²) >= 11 is 0. The predicted molar refractivity (Wildman–Crippen MR) is 78.1 cm³/mol. The van der Waals surface area contributed by atoms with Gasteiger partial charge in [0.25, 0.3) is 0 Å². The first-order valence-electron chi connectivity index (χ1n) is 7.95. The van der Waals surface area contributed by atoms with Crippen LogP contribution in [0.1, 0.15) is 38.5 Å². The lowest BCUT2D eigenvalue weighted by molar-refractivity contribution is 0.0338. The molecule has 3 fully saturated rings. The van der Waals surface area contributed by atoms with Gasteiger partial charge in [-0.2, -0.15) is 0 Å². The number of sulfonamides is 1. The maximum absolute atomic E-state index is 12.0. The summed E-state index contributed by atoms with van der Waals surface area (Å²) < 4.78 is 32.5. The predicted octanol–water partition coefficient (Wildman–Crippen LogP) is 0.959. The number of piperidine rings is 1. The minimum Gasteiger partial charge on any atom is -0.381 e. The molecule has 0 radical (unpaired) electrons. The topological polar surface area (TPSA) is 58.6 Å². The number of nitrogens with one attached hydrogen (secondary N) is 1. The van der Waals surface area contributed by atoms with Crippen LogP contribution in [0.2, 0.25) is 0 Å². The maximum Gasteiger partial charge on any atom is 0.214 e. The highest BCUT2D eigenvalue weighted by Crippen LogP contribution is 2.28. The maximum atomic E-state index is 12.0. The second kappa shape index (κ2) is 6.30. The smallest absolute Gasteiger partial charge is 0.214 e. The van der Waals surface area contributed by atoms with E-state index < -0.39 is 10.0 Å². The zero-order valence-electron chi connectivity index (χ0n) is 12.1. The van der Waals surface area contributed by atoms with E-state index in [0.29, 0.717) is 5.92 Å². The average Bonchev–Trinajstić information content (AvgIpc) is 3.24. The Kier molecular flexibility index (Phi) is 4.65. The molecule has 0 aromatic heterocycles. The van der Waals surface area contributed by atoms with Gasteiger partial charge in [-0.1, -0.05) is 0 Å². The van der Waals surface area contributed by atoms with Crippen LogP contribution in [-0.4, -0.2) is 57.5 Å².